The van der Waals surface area contributed by atoms with E-state index in [1.807, 2.05) is 48.0 Å². The molecule has 0 saturated carbocycles. The van der Waals surface area contributed by atoms with Gasteiger partial charge >= 0.3 is 0 Å². The highest BCUT2D eigenvalue weighted by Crippen LogP contribution is 2.20. The van der Waals surface area contributed by atoms with Crippen LogP contribution >= 0.6 is 0 Å². The van der Waals surface area contributed by atoms with Crippen molar-refractivity contribution in [3.8, 4) is 5.75 Å². The number of nitrogens with zero attached hydrogens (tertiary/aromatic N) is 3. The number of fused-ring (bicyclic) bond motifs is 1. The number of methoxy groups -OCH3 is 1. The van der Waals surface area contributed by atoms with Crippen LogP contribution in [0.5, 0.6) is 5.75 Å². The molecular formula is C15H16N4O. The van der Waals surface area contributed by atoms with Crippen LogP contribution in [0.1, 0.15) is 5.56 Å². The van der Waals surface area contributed by atoms with E-state index in [0.717, 1.165) is 28.4 Å². The molecule has 0 bridgehead atoms. The minimum atomic E-state index is 0.654. The molecule has 2 aromatic heterocycles. The van der Waals surface area contributed by atoms with Crippen LogP contribution in [-0.4, -0.2) is 21.6 Å². The lowest BCUT2D eigenvalue weighted by Crippen LogP contribution is -2.06. The molecule has 0 radical (unpaired) electrons. The molecule has 3 aromatic rings. The van der Waals surface area contributed by atoms with E-state index in [1.165, 1.54) is 0 Å². The summed E-state index contributed by atoms with van der Waals surface area (Å²) >= 11 is 0. The number of benzene rings is 1. The molecule has 2 heterocycles. The third-order valence-corrected chi connectivity index (χ3v) is 3.26. The first kappa shape index (κ1) is 12.5. The van der Waals surface area contributed by atoms with Gasteiger partial charge in [0.1, 0.15) is 11.3 Å². The Balaban J connectivity index is 1.85. The second kappa shape index (κ2) is 5.21. The number of nitrogens with one attached hydrogen (secondary N) is 1. The number of hydrogen-bond donors (Lipinski definition) is 1. The average molecular weight is 268 g/mol. The van der Waals surface area contributed by atoms with Crippen molar-refractivity contribution in [3.05, 3.63) is 48.2 Å². The van der Waals surface area contributed by atoms with Gasteiger partial charge in [0.25, 0.3) is 0 Å². The van der Waals surface area contributed by atoms with Gasteiger partial charge in [-0.25, -0.2) is 9.97 Å². The van der Waals surface area contributed by atoms with Crippen LogP contribution in [0.25, 0.3) is 11.2 Å². The van der Waals surface area contributed by atoms with Crippen LogP contribution in [0.4, 0.5) is 5.95 Å². The number of hydrogen-bond acceptors (Lipinski definition) is 4. The summed E-state index contributed by atoms with van der Waals surface area (Å²) in [4.78, 5) is 8.86. The van der Waals surface area contributed by atoms with Crippen molar-refractivity contribution >= 4 is 17.1 Å². The summed E-state index contributed by atoms with van der Waals surface area (Å²) in [5, 5.41) is 3.33. The predicted octanol–water partition coefficient (Wildman–Crippen LogP) is 2.59. The van der Waals surface area contributed by atoms with E-state index in [-0.39, 0.29) is 0 Å². The van der Waals surface area contributed by atoms with Gasteiger partial charge in [-0.3, -0.25) is 4.57 Å². The first-order valence-corrected chi connectivity index (χ1v) is 6.43. The Hall–Kier alpha value is -2.56. The largest absolute Gasteiger partial charge is 0.496 e. The van der Waals surface area contributed by atoms with Crippen LogP contribution in [0.15, 0.2) is 42.6 Å². The lowest BCUT2D eigenvalue weighted by atomic mass is 10.2. The van der Waals surface area contributed by atoms with E-state index in [9.17, 15) is 0 Å². The van der Waals surface area contributed by atoms with Gasteiger partial charge < -0.3 is 10.1 Å². The Morgan fingerprint density at radius 2 is 2.05 bits per heavy atom. The molecule has 5 heteroatoms. The van der Waals surface area contributed by atoms with Crippen molar-refractivity contribution in [2.24, 2.45) is 7.05 Å². The van der Waals surface area contributed by atoms with E-state index in [4.69, 9.17) is 4.74 Å². The molecule has 0 spiro atoms. The second-order valence-corrected chi connectivity index (χ2v) is 4.51. The van der Waals surface area contributed by atoms with Gasteiger partial charge in [-0.2, -0.15) is 0 Å². The van der Waals surface area contributed by atoms with Crippen molar-refractivity contribution in [3.63, 3.8) is 0 Å². The van der Waals surface area contributed by atoms with Crippen molar-refractivity contribution in [2.75, 3.05) is 12.4 Å². The van der Waals surface area contributed by atoms with E-state index in [0.29, 0.717) is 6.54 Å². The van der Waals surface area contributed by atoms with E-state index in [1.54, 1.807) is 13.3 Å². The Morgan fingerprint density at radius 1 is 1.20 bits per heavy atom. The highest BCUT2D eigenvalue weighted by Gasteiger charge is 2.08. The fourth-order valence-electron chi connectivity index (χ4n) is 2.20. The number of imidazole rings is 1. The van der Waals surface area contributed by atoms with E-state index in [2.05, 4.69) is 15.3 Å². The zero-order chi connectivity index (χ0) is 13.9. The lowest BCUT2D eigenvalue weighted by Gasteiger charge is -2.09. The first-order valence-electron chi connectivity index (χ1n) is 6.43. The molecule has 1 N–H and O–H groups in total. The number of para-hydroxylation sites is 1. The Labute approximate surface area is 117 Å². The van der Waals surface area contributed by atoms with Crippen LogP contribution < -0.4 is 10.1 Å². The molecule has 20 heavy (non-hydrogen) atoms. The third kappa shape index (κ3) is 2.18. The predicted molar refractivity (Wildman–Crippen MR) is 78.8 cm³/mol. The molecule has 1 aromatic carbocycles. The maximum Gasteiger partial charge on any atom is 0.205 e. The van der Waals surface area contributed by atoms with Gasteiger partial charge in [0.2, 0.25) is 5.95 Å². The first-order chi connectivity index (χ1) is 9.79. The summed E-state index contributed by atoms with van der Waals surface area (Å²) in [7, 11) is 3.63. The number of pyridine rings is 1. The number of anilines is 1. The molecule has 0 aliphatic heterocycles. The zero-order valence-corrected chi connectivity index (χ0v) is 11.5. The summed E-state index contributed by atoms with van der Waals surface area (Å²) in [6.07, 6.45) is 1.77. The van der Waals surface area contributed by atoms with Crippen molar-refractivity contribution < 1.29 is 4.74 Å². The van der Waals surface area contributed by atoms with Gasteiger partial charge in [-0.05, 0) is 18.2 Å². The molecule has 0 aliphatic carbocycles. The number of rotatable bonds is 4. The van der Waals surface area contributed by atoms with Gasteiger partial charge in [0, 0.05) is 25.4 Å². The van der Waals surface area contributed by atoms with Crippen molar-refractivity contribution in [2.45, 2.75) is 6.54 Å². The van der Waals surface area contributed by atoms with Crippen molar-refractivity contribution in [1.82, 2.24) is 14.5 Å². The summed E-state index contributed by atoms with van der Waals surface area (Å²) in [5.41, 5.74) is 2.85. The fourth-order valence-corrected chi connectivity index (χ4v) is 2.20. The smallest absolute Gasteiger partial charge is 0.205 e. The van der Waals surface area contributed by atoms with Gasteiger partial charge in [-0.15, -0.1) is 0 Å². The third-order valence-electron chi connectivity index (χ3n) is 3.26. The summed E-state index contributed by atoms with van der Waals surface area (Å²) in [5.74, 6) is 1.67. The molecule has 0 unspecified atom stereocenters. The second-order valence-electron chi connectivity index (χ2n) is 4.51. The van der Waals surface area contributed by atoms with Crippen LogP contribution in [0.3, 0.4) is 0 Å². The van der Waals surface area contributed by atoms with E-state index >= 15 is 0 Å². The Kier molecular flexibility index (Phi) is 3.25. The molecule has 0 fully saturated rings. The van der Waals surface area contributed by atoms with E-state index < -0.39 is 0 Å². The summed E-state index contributed by atoms with van der Waals surface area (Å²) < 4.78 is 7.29. The molecule has 3 rings (SSSR count). The zero-order valence-electron chi connectivity index (χ0n) is 11.5. The average Bonchev–Trinajstić information content (AvgIpc) is 2.82. The van der Waals surface area contributed by atoms with Gasteiger partial charge in [-0.1, -0.05) is 18.2 Å². The van der Waals surface area contributed by atoms with Crippen LogP contribution in [0.2, 0.25) is 0 Å². The minimum absolute atomic E-state index is 0.654. The molecular weight excluding hydrogens is 252 g/mol. The molecule has 0 atom stereocenters. The van der Waals surface area contributed by atoms with Gasteiger partial charge in [0.05, 0.1) is 7.11 Å². The van der Waals surface area contributed by atoms with Gasteiger partial charge in [0.15, 0.2) is 5.65 Å². The summed E-state index contributed by atoms with van der Waals surface area (Å²) in [6, 6.07) is 11.8. The number of aryl methyl sites for hydroxylation is 1. The molecule has 102 valence electrons. The number of aromatic nitrogens is 3. The van der Waals surface area contributed by atoms with Crippen molar-refractivity contribution in [1.29, 1.82) is 0 Å². The Morgan fingerprint density at radius 3 is 2.85 bits per heavy atom. The fraction of sp³-hybridized carbons (Fsp3) is 0.200. The molecule has 0 amide bonds. The normalized spacial score (nSPS) is 10.7. The highest BCUT2D eigenvalue weighted by molar-refractivity contribution is 5.74. The quantitative estimate of drug-likeness (QED) is 0.790. The maximum absolute atomic E-state index is 5.34. The molecule has 0 saturated heterocycles. The van der Waals surface area contributed by atoms with Crippen LogP contribution in [0, 0.1) is 0 Å². The SMILES string of the molecule is COc1ccccc1CNc1nc2cccnc2n1C. The number of ether oxygens (including phenoxy) is 1. The molecule has 5 nitrogen and oxygen atoms in total. The highest BCUT2D eigenvalue weighted by atomic mass is 16.5. The summed E-state index contributed by atoms with van der Waals surface area (Å²) in [6.45, 7) is 0.654. The monoisotopic (exact) mass is 268 g/mol. The Bertz CT molecular complexity index is 736. The topological polar surface area (TPSA) is 52.0 Å². The maximum atomic E-state index is 5.34. The molecule has 0 aliphatic rings. The lowest BCUT2D eigenvalue weighted by molar-refractivity contribution is 0.410. The van der Waals surface area contributed by atoms with Crippen LogP contribution in [-0.2, 0) is 13.6 Å². The minimum Gasteiger partial charge on any atom is -0.496 e. The standard InChI is InChI=1S/C15H16N4O/c1-19-14-12(7-5-9-16-14)18-15(19)17-10-11-6-3-4-8-13(11)20-2/h3-9H,10H2,1-2H3,(H,17,18).